The molecule has 25 heavy (non-hydrogen) atoms. The van der Waals surface area contributed by atoms with Crippen LogP contribution in [0.4, 0.5) is 0 Å². The van der Waals surface area contributed by atoms with Crippen LogP contribution in [0.15, 0.2) is 33.8 Å². The quantitative estimate of drug-likeness (QED) is 0.411. The van der Waals surface area contributed by atoms with Crippen molar-refractivity contribution in [2.24, 2.45) is 4.99 Å². The Hall–Kier alpha value is -2.41. The molecule has 0 amide bonds. The first-order chi connectivity index (χ1) is 12.3. The van der Waals surface area contributed by atoms with E-state index in [9.17, 15) is 0 Å². The maximum Gasteiger partial charge on any atom is 0.257 e. The fourth-order valence-electron chi connectivity index (χ4n) is 2.30. The van der Waals surface area contributed by atoms with Gasteiger partial charge in [0.25, 0.3) is 5.89 Å². The number of hydrogen-bond donors (Lipinski definition) is 2. The van der Waals surface area contributed by atoms with Gasteiger partial charge in [-0.05, 0) is 30.5 Å². The molecule has 0 aliphatic rings. The molecule has 0 spiro atoms. The van der Waals surface area contributed by atoms with Gasteiger partial charge in [-0.2, -0.15) is 4.98 Å². The van der Waals surface area contributed by atoms with Gasteiger partial charge < -0.3 is 19.9 Å². The Balaban J connectivity index is 1.77. The number of aromatic nitrogens is 2. The summed E-state index contributed by atoms with van der Waals surface area (Å²) in [5.41, 5.74) is 2.18. The third kappa shape index (κ3) is 6.19. The average molecular weight is 345 g/mol. The minimum absolute atomic E-state index is 0.571. The van der Waals surface area contributed by atoms with E-state index >= 15 is 0 Å². The number of rotatable bonds is 9. The lowest BCUT2D eigenvalue weighted by molar-refractivity contribution is 0.195. The molecule has 1 aromatic carbocycles. The summed E-state index contributed by atoms with van der Waals surface area (Å²) in [5, 5.41) is 10.5. The number of ether oxygens (including phenoxy) is 1. The lowest BCUT2D eigenvalue weighted by Gasteiger charge is -2.11. The minimum atomic E-state index is 0.571. The average Bonchev–Trinajstić information content (AvgIpc) is 3.13. The molecule has 0 radical (unpaired) electrons. The summed E-state index contributed by atoms with van der Waals surface area (Å²) in [6.07, 6.45) is 2.63. The minimum Gasteiger partial charge on any atom is -0.385 e. The lowest BCUT2D eigenvalue weighted by atomic mass is 10.1. The van der Waals surface area contributed by atoms with Crippen molar-refractivity contribution >= 4 is 5.96 Å². The zero-order valence-corrected chi connectivity index (χ0v) is 15.2. The van der Waals surface area contributed by atoms with Gasteiger partial charge in [0.15, 0.2) is 11.8 Å². The molecule has 0 unspecified atom stereocenters. The van der Waals surface area contributed by atoms with E-state index in [1.165, 1.54) is 5.56 Å². The van der Waals surface area contributed by atoms with Crippen LogP contribution in [0.5, 0.6) is 0 Å². The number of nitrogens with one attached hydrogen (secondary N) is 2. The van der Waals surface area contributed by atoms with Crippen molar-refractivity contribution in [3.05, 3.63) is 35.7 Å². The standard InChI is InChI=1S/C18H27N5O2/c1-4-16-22-17(25-23-16)15-8-6-14(7-9-15)10-12-21-18(19-2)20-11-5-13-24-3/h6-9H,4-5,10-13H2,1-3H3,(H2,19,20,21). The molecule has 0 aliphatic carbocycles. The molecule has 0 atom stereocenters. The van der Waals surface area contributed by atoms with Crippen LogP contribution in [0.3, 0.4) is 0 Å². The van der Waals surface area contributed by atoms with Crippen molar-refractivity contribution < 1.29 is 9.26 Å². The summed E-state index contributed by atoms with van der Waals surface area (Å²) < 4.78 is 10.3. The van der Waals surface area contributed by atoms with Gasteiger partial charge in [0, 0.05) is 45.8 Å². The molecule has 0 saturated carbocycles. The van der Waals surface area contributed by atoms with Crippen LogP contribution in [0.2, 0.25) is 0 Å². The highest BCUT2D eigenvalue weighted by Crippen LogP contribution is 2.18. The second-order valence-electron chi connectivity index (χ2n) is 5.59. The third-order valence-corrected chi connectivity index (χ3v) is 3.73. The summed E-state index contributed by atoms with van der Waals surface area (Å²) in [6, 6.07) is 8.20. The first-order valence-electron chi connectivity index (χ1n) is 8.62. The van der Waals surface area contributed by atoms with Crippen molar-refractivity contribution in [2.45, 2.75) is 26.2 Å². The van der Waals surface area contributed by atoms with E-state index in [4.69, 9.17) is 9.26 Å². The molecule has 0 fully saturated rings. The first-order valence-corrected chi connectivity index (χ1v) is 8.62. The predicted molar refractivity (Wildman–Crippen MR) is 98.7 cm³/mol. The predicted octanol–water partition coefficient (Wildman–Crippen LogP) is 2.04. The normalized spacial score (nSPS) is 11.6. The first kappa shape index (κ1) is 18.9. The number of benzene rings is 1. The zero-order valence-electron chi connectivity index (χ0n) is 15.2. The summed E-state index contributed by atoms with van der Waals surface area (Å²) >= 11 is 0. The second-order valence-corrected chi connectivity index (χ2v) is 5.59. The number of nitrogens with zero attached hydrogens (tertiary/aromatic N) is 3. The number of guanidine groups is 1. The fraction of sp³-hybridized carbons (Fsp3) is 0.500. The summed E-state index contributed by atoms with van der Waals surface area (Å²) in [4.78, 5) is 8.55. The maximum atomic E-state index is 5.26. The van der Waals surface area contributed by atoms with E-state index in [2.05, 4.69) is 37.9 Å². The van der Waals surface area contributed by atoms with Gasteiger partial charge in [-0.25, -0.2) is 0 Å². The molecule has 0 bridgehead atoms. The van der Waals surface area contributed by atoms with Crippen molar-refractivity contribution in [1.82, 2.24) is 20.8 Å². The van der Waals surface area contributed by atoms with Gasteiger partial charge in [-0.1, -0.05) is 24.2 Å². The van der Waals surface area contributed by atoms with Crippen molar-refractivity contribution in [1.29, 1.82) is 0 Å². The van der Waals surface area contributed by atoms with Gasteiger partial charge in [-0.3, -0.25) is 4.99 Å². The van der Waals surface area contributed by atoms with E-state index in [0.29, 0.717) is 5.89 Å². The Morgan fingerprint density at radius 2 is 1.96 bits per heavy atom. The van der Waals surface area contributed by atoms with E-state index < -0.39 is 0 Å². The second kappa shape index (κ2) is 10.5. The largest absolute Gasteiger partial charge is 0.385 e. The highest BCUT2D eigenvalue weighted by atomic mass is 16.5. The van der Waals surface area contributed by atoms with E-state index in [1.807, 2.05) is 19.1 Å². The number of hydrogen-bond acceptors (Lipinski definition) is 5. The van der Waals surface area contributed by atoms with E-state index in [0.717, 1.165) is 56.3 Å². The van der Waals surface area contributed by atoms with Crippen LogP contribution in [0.1, 0.15) is 24.7 Å². The van der Waals surface area contributed by atoms with Gasteiger partial charge in [0.1, 0.15) is 0 Å². The molecule has 2 rings (SSSR count). The van der Waals surface area contributed by atoms with Crippen LogP contribution in [0.25, 0.3) is 11.5 Å². The molecule has 2 N–H and O–H groups in total. The highest BCUT2D eigenvalue weighted by molar-refractivity contribution is 5.79. The molecule has 1 aromatic heterocycles. The van der Waals surface area contributed by atoms with E-state index in [-0.39, 0.29) is 0 Å². The summed E-state index contributed by atoms with van der Waals surface area (Å²) in [7, 11) is 3.48. The molecule has 0 aliphatic heterocycles. The zero-order chi connectivity index (χ0) is 17.9. The number of aliphatic imine (C=N–C) groups is 1. The summed E-state index contributed by atoms with van der Waals surface area (Å²) in [5.74, 6) is 2.11. The molecule has 7 nitrogen and oxygen atoms in total. The SMILES string of the molecule is CCc1noc(-c2ccc(CCNC(=NC)NCCCOC)cc2)n1. The van der Waals surface area contributed by atoms with Crippen molar-refractivity contribution in [2.75, 3.05) is 33.9 Å². The Morgan fingerprint density at radius 3 is 2.60 bits per heavy atom. The van der Waals surface area contributed by atoms with Crippen molar-refractivity contribution in [3.63, 3.8) is 0 Å². The molecule has 0 saturated heterocycles. The summed E-state index contributed by atoms with van der Waals surface area (Å²) in [6.45, 7) is 4.40. The molecule has 136 valence electrons. The smallest absolute Gasteiger partial charge is 0.257 e. The van der Waals surface area contributed by atoms with Crippen LogP contribution in [-0.4, -0.2) is 50.0 Å². The van der Waals surface area contributed by atoms with Gasteiger partial charge in [0.2, 0.25) is 0 Å². The molecule has 7 heteroatoms. The molecule has 2 aromatic rings. The maximum absolute atomic E-state index is 5.26. The Morgan fingerprint density at radius 1 is 1.20 bits per heavy atom. The monoisotopic (exact) mass is 345 g/mol. The van der Waals surface area contributed by atoms with Crippen LogP contribution in [-0.2, 0) is 17.6 Å². The third-order valence-electron chi connectivity index (χ3n) is 3.73. The lowest BCUT2D eigenvalue weighted by Crippen LogP contribution is -2.38. The van der Waals surface area contributed by atoms with Crippen LogP contribution >= 0.6 is 0 Å². The molecular weight excluding hydrogens is 318 g/mol. The van der Waals surface area contributed by atoms with Crippen LogP contribution in [0, 0.1) is 0 Å². The Bertz CT molecular complexity index is 652. The highest BCUT2D eigenvalue weighted by Gasteiger charge is 2.07. The van der Waals surface area contributed by atoms with Gasteiger partial charge in [-0.15, -0.1) is 0 Å². The van der Waals surface area contributed by atoms with E-state index in [1.54, 1.807) is 14.2 Å². The van der Waals surface area contributed by atoms with Crippen molar-refractivity contribution in [3.8, 4) is 11.5 Å². The fourth-order valence-corrected chi connectivity index (χ4v) is 2.30. The molecule has 1 heterocycles. The van der Waals surface area contributed by atoms with Gasteiger partial charge in [0.05, 0.1) is 0 Å². The Kier molecular flexibility index (Phi) is 7.91. The van der Waals surface area contributed by atoms with Crippen LogP contribution < -0.4 is 10.6 Å². The topological polar surface area (TPSA) is 84.6 Å². The number of aryl methyl sites for hydroxylation is 1. The molecular formula is C18H27N5O2. The number of methoxy groups -OCH3 is 1. The van der Waals surface area contributed by atoms with Gasteiger partial charge >= 0.3 is 0 Å². The Labute approximate surface area is 148 Å².